The maximum absolute atomic E-state index is 9.10. The molecule has 0 radical (unpaired) electrons. The summed E-state index contributed by atoms with van der Waals surface area (Å²) in [6, 6.07) is 7.72. The Labute approximate surface area is 142 Å². The Kier molecular flexibility index (Phi) is 5.06. The highest BCUT2D eigenvalue weighted by atomic mass is 16.5. The molecule has 0 unspecified atom stereocenters. The van der Waals surface area contributed by atoms with Crippen LogP contribution in [0.4, 0.5) is 0 Å². The molecule has 3 rings (SSSR count). The van der Waals surface area contributed by atoms with Gasteiger partial charge in [-0.3, -0.25) is 9.58 Å². The summed E-state index contributed by atoms with van der Waals surface area (Å²) in [5, 5.41) is 13.6. The van der Waals surface area contributed by atoms with Crippen LogP contribution in [0, 0.1) is 13.8 Å². The summed E-state index contributed by atoms with van der Waals surface area (Å²) >= 11 is 0. The summed E-state index contributed by atoms with van der Waals surface area (Å²) in [6.07, 6.45) is 0.213. The van der Waals surface area contributed by atoms with Gasteiger partial charge in [0.15, 0.2) is 0 Å². The Hall–Kier alpha value is -2.05. The maximum Gasteiger partial charge on any atom is 0.124 e. The van der Waals surface area contributed by atoms with Crippen LogP contribution in [-0.4, -0.2) is 52.7 Å². The highest BCUT2D eigenvalue weighted by Gasteiger charge is 2.29. The number of likely N-dealkylation sites (tertiary alicyclic amines) is 1. The molecule has 1 aromatic carbocycles. The quantitative estimate of drug-likeness (QED) is 0.838. The fourth-order valence-corrected chi connectivity index (χ4v) is 3.09. The Morgan fingerprint density at radius 1 is 1.25 bits per heavy atom. The van der Waals surface area contributed by atoms with Crippen LogP contribution in [0.3, 0.4) is 0 Å². The molecule has 0 amide bonds. The van der Waals surface area contributed by atoms with Crippen molar-refractivity contribution in [1.29, 1.82) is 0 Å². The molecule has 0 aliphatic carbocycles. The van der Waals surface area contributed by atoms with Gasteiger partial charge in [-0.05, 0) is 26.0 Å². The van der Waals surface area contributed by atoms with Crippen molar-refractivity contribution in [3.05, 3.63) is 41.2 Å². The normalized spacial score (nSPS) is 15.3. The highest BCUT2D eigenvalue weighted by molar-refractivity contribution is 5.33. The van der Waals surface area contributed by atoms with Gasteiger partial charge in [0.25, 0.3) is 0 Å². The number of aliphatic hydroxyl groups excluding tert-OH is 1. The van der Waals surface area contributed by atoms with Crippen LogP contribution < -0.4 is 9.47 Å². The molecule has 6 heteroatoms. The zero-order chi connectivity index (χ0) is 17.1. The second-order valence-electron chi connectivity index (χ2n) is 6.21. The molecular weight excluding hydrogens is 306 g/mol. The minimum atomic E-state index is 0.113. The van der Waals surface area contributed by atoms with E-state index in [-0.39, 0.29) is 12.7 Å². The Bertz CT molecular complexity index is 693. The van der Waals surface area contributed by atoms with E-state index in [4.69, 9.17) is 14.6 Å². The fraction of sp³-hybridized carbons (Fsp3) is 0.500. The number of nitrogens with zero attached hydrogens (tertiary/aromatic N) is 3. The molecule has 1 N–H and O–H groups in total. The number of hydrogen-bond donors (Lipinski definition) is 1. The minimum absolute atomic E-state index is 0.113. The lowest BCUT2D eigenvalue weighted by Crippen LogP contribution is -2.53. The molecule has 0 saturated carbocycles. The predicted octanol–water partition coefficient (Wildman–Crippen LogP) is 1.76. The molecule has 2 heterocycles. The number of rotatable bonds is 7. The fourth-order valence-electron chi connectivity index (χ4n) is 3.09. The van der Waals surface area contributed by atoms with Crippen molar-refractivity contribution in [2.45, 2.75) is 33.0 Å². The van der Waals surface area contributed by atoms with E-state index in [0.717, 1.165) is 42.5 Å². The lowest BCUT2D eigenvalue weighted by Gasteiger charge is -2.39. The summed E-state index contributed by atoms with van der Waals surface area (Å²) < 4.78 is 13.1. The van der Waals surface area contributed by atoms with E-state index in [0.29, 0.717) is 6.54 Å². The number of aromatic nitrogens is 2. The molecule has 2 aromatic rings. The largest absolute Gasteiger partial charge is 0.497 e. The van der Waals surface area contributed by atoms with Gasteiger partial charge < -0.3 is 14.6 Å². The maximum atomic E-state index is 9.10. The van der Waals surface area contributed by atoms with Gasteiger partial charge in [0.05, 0.1) is 26.0 Å². The first-order chi connectivity index (χ1) is 11.6. The van der Waals surface area contributed by atoms with E-state index in [9.17, 15) is 0 Å². The number of ether oxygens (including phenoxy) is 2. The zero-order valence-electron chi connectivity index (χ0n) is 14.5. The lowest BCUT2D eigenvalue weighted by molar-refractivity contribution is 0.0142. The second-order valence-corrected chi connectivity index (χ2v) is 6.21. The van der Waals surface area contributed by atoms with Crippen LogP contribution in [0.5, 0.6) is 11.5 Å². The van der Waals surface area contributed by atoms with Crippen LogP contribution in [0.2, 0.25) is 0 Å². The van der Waals surface area contributed by atoms with E-state index < -0.39 is 0 Å². The minimum Gasteiger partial charge on any atom is -0.497 e. The molecule has 0 atom stereocenters. The summed E-state index contributed by atoms with van der Waals surface area (Å²) in [4.78, 5) is 2.35. The van der Waals surface area contributed by atoms with E-state index in [1.807, 2.05) is 35.9 Å². The average Bonchev–Trinajstić information content (AvgIpc) is 2.80. The van der Waals surface area contributed by atoms with Crippen molar-refractivity contribution in [3.63, 3.8) is 0 Å². The zero-order valence-corrected chi connectivity index (χ0v) is 14.5. The first-order valence-corrected chi connectivity index (χ1v) is 8.27. The first kappa shape index (κ1) is 16.8. The molecule has 0 bridgehead atoms. The number of methoxy groups -OCH3 is 1. The van der Waals surface area contributed by atoms with Crippen molar-refractivity contribution in [3.8, 4) is 11.5 Å². The Morgan fingerprint density at radius 3 is 2.71 bits per heavy atom. The topological polar surface area (TPSA) is 59.8 Å². The SMILES string of the molecule is COc1cccc(OC2CN(Cc3c(C)nn(CCO)c3C)C2)c1. The highest BCUT2D eigenvalue weighted by Crippen LogP contribution is 2.24. The summed E-state index contributed by atoms with van der Waals surface area (Å²) in [5.41, 5.74) is 3.43. The smallest absolute Gasteiger partial charge is 0.124 e. The first-order valence-electron chi connectivity index (χ1n) is 8.27. The van der Waals surface area contributed by atoms with Crippen LogP contribution in [0.1, 0.15) is 17.0 Å². The molecule has 130 valence electrons. The van der Waals surface area contributed by atoms with E-state index in [1.165, 1.54) is 5.56 Å². The van der Waals surface area contributed by atoms with E-state index >= 15 is 0 Å². The standard InChI is InChI=1S/C18H25N3O3/c1-13-18(14(2)21(19-13)7-8-22)12-20-10-17(11-20)24-16-6-4-5-15(9-16)23-3/h4-6,9,17,22H,7-8,10-12H2,1-3H3. The molecule has 1 fully saturated rings. The molecule has 24 heavy (non-hydrogen) atoms. The van der Waals surface area contributed by atoms with Crippen molar-refractivity contribution < 1.29 is 14.6 Å². The summed E-state index contributed by atoms with van der Waals surface area (Å²) in [5.74, 6) is 1.66. The van der Waals surface area contributed by atoms with Gasteiger partial charge in [-0.2, -0.15) is 5.10 Å². The van der Waals surface area contributed by atoms with Gasteiger partial charge in [0, 0.05) is 37.0 Å². The van der Waals surface area contributed by atoms with Crippen molar-refractivity contribution in [2.75, 3.05) is 26.8 Å². The van der Waals surface area contributed by atoms with Gasteiger partial charge in [0.2, 0.25) is 0 Å². The van der Waals surface area contributed by atoms with Gasteiger partial charge in [-0.25, -0.2) is 0 Å². The Balaban J connectivity index is 1.54. The molecule has 6 nitrogen and oxygen atoms in total. The van der Waals surface area contributed by atoms with Crippen molar-refractivity contribution in [1.82, 2.24) is 14.7 Å². The number of aliphatic hydroxyl groups is 1. The van der Waals surface area contributed by atoms with Crippen LogP contribution in [-0.2, 0) is 13.1 Å². The van der Waals surface area contributed by atoms with E-state index in [1.54, 1.807) is 7.11 Å². The summed E-state index contributed by atoms with van der Waals surface area (Å²) in [7, 11) is 1.66. The summed E-state index contributed by atoms with van der Waals surface area (Å²) in [6.45, 7) is 7.44. The molecule has 1 aliphatic rings. The third-order valence-corrected chi connectivity index (χ3v) is 4.49. The molecule has 1 aromatic heterocycles. The van der Waals surface area contributed by atoms with Crippen molar-refractivity contribution >= 4 is 0 Å². The van der Waals surface area contributed by atoms with Gasteiger partial charge in [-0.1, -0.05) is 6.07 Å². The Morgan fingerprint density at radius 2 is 2.00 bits per heavy atom. The van der Waals surface area contributed by atoms with Gasteiger partial charge >= 0.3 is 0 Å². The van der Waals surface area contributed by atoms with Gasteiger partial charge in [0.1, 0.15) is 17.6 Å². The van der Waals surface area contributed by atoms with Crippen LogP contribution in [0.15, 0.2) is 24.3 Å². The third-order valence-electron chi connectivity index (χ3n) is 4.49. The molecule has 1 saturated heterocycles. The van der Waals surface area contributed by atoms with Crippen LogP contribution >= 0.6 is 0 Å². The number of aryl methyl sites for hydroxylation is 1. The second kappa shape index (κ2) is 7.23. The lowest BCUT2D eigenvalue weighted by atomic mass is 10.1. The molecular formula is C18H25N3O3. The number of benzene rings is 1. The van der Waals surface area contributed by atoms with Gasteiger partial charge in [-0.15, -0.1) is 0 Å². The van der Waals surface area contributed by atoms with Crippen molar-refractivity contribution in [2.24, 2.45) is 0 Å². The predicted molar refractivity (Wildman–Crippen MR) is 91.5 cm³/mol. The third kappa shape index (κ3) is 3.55. The van der Waals surface area contributed by atoms with E-state index in [2.05, 4.69) is 16.9 Å². The molecule has 1 aliphatic heterocycles. The van der Waals surface area contributed by atoms with Crippen LogP contribution in [0.25, 0.3) is 0 Å². The monoisotopic (exact) mass is 331 g/mol. The molecule has 0 spiro atoms. The average molecular weight is 331 g/mol. The number of hydrogen-bond acceptors (Lipinski definition) is 5.